The Balaban J connectivity index is 1.65. The average molecular weight is 323 g/mol. The van der Waals surface area contributed by atoms with Crippen LogP contribution in [0.2, 0.25) is 5.02 Å². The van der Waals surface area contributed by atoms with E-state index >= 15 is 0 Å². The second-order valence-corrected chi connectivity index (χ2v) is 6.31. The standard InChI is InChI=1S/C14H15ClN4OS/c15-11-6-2-1-5-10(11)13-17-18-14(21-13)16-12(20)9-19-7-3-4-8-19/h1-2,5-6H,3-4,7-9H2,(H,16,18,20). The van der Waals surface area contributed by atoms with Gasteiger partial charge in [-0.15, -0.1) is 10.2 Å². The number of nitrogens with one attached hydrogen (secondary N) is 1. The number of benzene rings is 1. The van der Waals surface area contributed by atoms with Crippen LogP contribution in [0, 0.1) is 0 Å². The molecule has 0 saturated carbocycles. The molecule has 7 heteroatoms. The topological polar surface area (TPSA) is 58.1 Å². The summed E-state index contributed by atoms with van der Waals surface area (Å²) in [7, 11) is 0. The summed E-state index contributed by atoms with van der Waals surface area (Å²) in [6, 6.07) is 7.46. The molecule has 0 unspecified atom stereocenters. The molecule has 1 amide bonds. The van der Waals surface area contributed by atoms with Gasteiger partial charge in [-0.3, -0.25) is 15.0 Å². The van der Waals surface area contributed by atoms with Crippen molar-refractivity contribution in [2.24, 2.45) is 0 Å². The summed E-state index contributed by atoms with van der Waals surface area (Å²) in [5.74, 6) is -0.0428. The Hall–Kier alpha value is -1.50. The fraction of sp³-hybridized carbons (Fsp3) is 0.357. The molecule has 1 fully saturated rings. The molecule has 0 atom stereocenters. The molecule has 0 bridgehead atoms. The van der Waals surface area contributed by atoms with Gasteiger partial charge in [0.05, 0.1) is 11.6 Å². The number of hydrogen-bond donors (Lipinski definition) is 1. The molecule has 0 radical (unpaired) electrons. The monoisotopic (exact) mass is 322 g/mol. The number of rotatable bonds is 4. The van der Waals surface area contributed by atoms with Crippen LogP contribution >= 0.6 is 22.9 Å². The van der Waals surface area contributed by atoms with Gasteiger partial charge in [0.15, 0.2) is 5.01 Å². The van der Waals surface area contributed by atoms with Gasteiger partial charge in [0, 0.05) is 5.56 Å². The van der Waals surface area contributed by atoms with Crippen LogP contribution in [0.4, 0.5) is 5.13 Å². The van der Waals surface area contributed by atoms with Crippen LogP contribution in [0.3, 0.4) is 0 Å². The minimum Gasteiger partial charge on any atom is -0.299 e. The lowest BCUT2D eigenvalue weighted by molar-refractivity contribution is -0.117. The summed E-state index contributed by atoms with van der Waals surface area (Å²) in [6.45, 7) is 2.41. The summed E-state index contributed by atoms with van der Waals surface area (Å²) < 4.78 is 0. The first kappa shape index (κ1) is 14.4. The summed E-state index contributed by atoms with van der Waals surface area (Å²) in [5, 5.41) is 12.7. The van der Waals surface area contributed by atoms with Gasteiger partial charge in [-0.25, -0.2) is 0 Å². The number of carbonyl (C=O) groups is 1. The van der Waals surface area contributed by atoms with E-state index in [2.05, 4.69) is 20.4 Å². The van der Waals surface area contributed by atoms with Gasteiger partial charge in [-0.2, -0.15) is 0 Å². The molecule has 21 heavy (non-hydrogen) atoms. The molecule has 3 rings (SSSR count). The zero-order valence-electron chi connectivity index (χ0n) is 11.4. The molecule has 1 aliphatic heterocycles. The van der Waals surface area contributed by atoms with Gasteiger partial charge in [0.25, 0.3) is 0 Å². The first-order valence-corrected chi connectivity index (χ1v) is 8.02. The number of carbonyl (C=O) groups excluding carboxylic acids is 1. The van der Waals surface area contributed by atoms with Crippen molar-refractivity contribution in [3.05, 3.63) is 29.3 Å². The first-order chi connectivity index (χ1) is 10.2. The van der Waals surface area contributed by atoms with E-state index in [0.717, 1.165) is 18.7 Å². The summed E-state index contributed by atoms with van der Waals surface area (Å²) in [6.07, 6.45) is 2.34. The summed E-state index contributed by atoms with van der Waals surface area (Å²) in [5.41, 5.74) is 0.830. The van der Waals surface area contributed by atoms with Crippen LogP contribution in [-0.2, 0) is 4.79 Å². The fourth-order valence-electron chi connectivity index (χ4n) is 2.32. The highest BCUT2D eigenvalue weighted by Gasteiger charge is 2.16. The van der Waals surface area contributed by atoms with Gasteiger partial charge in [-0.05, 0) is 32.0 Å². The Morgan fingerprint density at radius 1 is 1.29 bits per heavy atom. The molecule has 0 aliphatic carbocycles. The van der Waals surface area contributed by atoms with Crippen LogP contribution in [0.5, 0.6) is 0 Å². The van der Waals surface area contributed by atoms with Crippen molar-refractivity contribution >= 4 is 34.0 Å². The van der Waals surface area contributed by atoms with Gasteiger partial charge in [-0.1, -0.05) is 41.1 Å². The Morgan fingerprint density at radius 3 is 2.81 bits per heavy atom. The Kier molecular flexibility index (Phi) is 4.48. The Morgan fingerprint density at radius 2 is 2.05 bits per heavy atom. The van der Waals surface area contributed by atoms with Crippen molar-refractivity contribution in [1.29, 1.82) is 0 Å². The van der Waals surface area contributed by atoms with Crippen LogP contribution in [0.15, 0.2) is 24.3 Å². The molecular formula is C14H15ClN4OS. The molecule has 2 heterocycles. The molecule has 0 spiro atoms. The van der Waals surface area contributed by atoms with E-state index < -0.39 is 0 Å². The van der Waals surface area contributed by atoms with E-state index in [9.17, 15) is 4.79 Å². The third kappa shape index (κ3) is 3.58. The second kappa shape index (κ2) is 6.51. The zero-order valence-corrected chi connectivity index (χ0v) is 13.0. The largest absolute Gasteiger partial charge is 0.299 e. The lowest BCUT2D eigenvalue weighted by Crippen LogP contribution is -2.30. The molecule has 1 aliphatic rings. The van der Waals surface area contributed by atoms with E-state index in [-0.39, 0.29) is 5.91 Å². The van der Waals surface area contributed by atoms with Gasteiger partial charge >= 0.3 is 0 Å². The number of likely N-dealkylation sites (tertiary alicyclic amines) is 1. The van der Waals surface area contributed by atoms with E-state index in [1.54, 1.807) is 0 Å². The summed E-state index contributed by atoms with van der Waals surface area (Å²) in [4.78, 5) is 14.1. The smallest absolute Gasteiger partial charge is 0.240 e. The quantitative estimate of drug-likeness (QED) is 0.940. The molecule has 1 aromatic carbocycles. The number of hydrogen-bond acceptors (Lipinski definition) is 5. The van der Waals surface area contributed by atoms with Crippen molar-refractivity contribution in [3.8, 4) is 10.6 Å². The zero-order chi connectivity index (χ0) is 14.7. The van der Waals surface area contributed by atoms with Crippen molar-refractivity contribution in [3.63, 3.8) is 0 Å². The maximum absolute atomic E-state index is 11.9. The maximum atomic E-state index is 11.9. The van der Waals surface area contributed by atoms with Crippen LogP contribution < -0.4 is 5.32 Å². The highest BCUT2D eigenvalue weighted by Crippen LogP contribution is 2.31. The van der Waals surface area contributed by atoms with Crippen LogP contribution in [0.1, 0.15) is 12.8 Å². The molecule has 1 aromatic heterocycles. The highest BCUT2D eigenvalue weighted by atomic mass is 35.5. The summed E-state index contributed by atoms with van der Waals surface area (Å²) >= 11 is 7.46. The van der Waals surface area contributed by atoms with Crippen LogP contribution in [-0.4, -0.2) is 40.6 Å². The Labute approximate surface area is 131 Å². The first-order valence-electron chi connectivity index (χ1n) is 6.83. The average Bonchev–Trinajstić information content (AvgIpc) is 3.11. The predicted octanol–water partition coefficient (Wildman–Crippen LogP) is 2.89. The van der Waals surface area contributed by atoms with Gasteiger partial charge in [0.2, 0.25) is 11.0 Å². The number of amides is 1. The SMILES string of the molecule is O=C(CN1CCCC1)Nc1nnc(-c2ccccc2Cl)s1. The number of aromatic nitrogens is 2. The predicted molar refractivity (Wildman–Crippen MR) is 84.7 cm³/mol. The number of halogens is 1. The van der Waals surface area contributed by atoms with E-state index in [0.29, 0.717) is 21.7 Å². The molecule has 5 nitrogen and oxygen atoms in total. The van der Waals surface area contributed by atoms with Crippen molar-refractivity contribution in [2.75, 3.05) is 25.0 Å². The number of anilines is 1. The molecule has 110 valence electrons. The molecule has 1 saturated heterocycles. The molecular weight excluding hydrogens is 308 g/mol. The van der Waals surface area contributed by atoms with Crippen LogP contribution in [0.25, 0.3) is 10.6 Å². The molecule has 1 N–H and O–H groups in total. The van der Waals surface area contributed by atoms with Gasteiger partial charge < -0.3 is 0 Å². The van der Waals surface area contributed by atoms with E-state index in [1.165, 1.54) is 24.2 Å². The normalized spacial score (nSPS) is 15.3. The highest BCUT2D eigenvalue weighted by molar-refractivity contribution is 7.18. The minimum absolute atomic E-state index is 0.0428. The molecule has 2 aromatic rings. The van der Waals surface area contributed by atoms with Crippen molar-refractivity contribution < 1.29 is 4.79 Å². The minimum atomic E-state index is -0.0428. The van der Waals surface area contributed by atoms with E-state index in [1.807, 2.05) is 24.3 Å². The second-order valence-electron chi connectivity index (χ2n) is 4.92. The third-order valence-corrected chi connectivity index (χ3v) is 4.54. The van der Waals surface area contributed by atoms with Gasteiger partial charge in [0.1, 0.15) is 0 Å². The van der Waals surface area contributed by atoms with E-state index in [4.69, 9.17) is 11.6 Å². The third-order valence-electron chi connectivity index (χ3n) is 3.34. The van der Waals surface area contributed by atoms with Crippen molar-refractivity contribution in [1.82, 2.24) is 15.1 Å². The maximum Gasteiger partial charge on any atom is 0.240 e. The Bertz CT molecular complexity index is 639. The number of nitrogens with zero attached hydrogens (tertiary/aromatic N) is 3. The lowest BCUT2D eigenvalue weighted by atomic mass is 10.2. The lowest BCUT2D eigenvalue weighted by Gasteiger charge is -2.12. The fourth-order valence-corrected chi connectivity index (χ4v) is 3.40. The van der Waals surface area contributed by atoms with Crippen molar-refractivity contribution in [2.45, 2.75) is 12.8 Å².